The number of nitrogens with one attached hydrogen (secondary N) is 1. The number of amides is 2. The number of fused-ring (bicyclic) bond motifs is 1. The second-order valence-corrected chi connectivity index (χ2v) is 6.28. The molecule has 1 unspecified atom stereocenters. The van der Waals surface area contributed by atoms with Crippen LogP contribution in [0.1, 0.15) is 18.4 Å². The van der Waals surface area contributed by atoms with Gasteiger partial charge in [-0.2, -0.15) is 13.2 Å². The fraction of sp³-hybridized carbons (Fsp3) is 0.429. The summed E-state index contributed by atoms with van der Waals surface area (Å²) in [6, 6.07) is 6.67. The predicted molar refractivity (Wildman–Crippen MR) is 78.5 cm³/mol. The van der Waals surface area contributed by atoms with Gasteiger partial charge in [-0.1, -0.05) is 30.3 Å². The number of carbonyl (C=O) groups is 1. The molecule has 0 saturated carbocycles. The van der Waals surface area contributed by atoms with E-state index in [0.29, 0.717) is 24.9 Å². The van der Waals surface area contributed by atoms with E-state index in [9.17, 15) is 18.0 Å². The van der Waals surface area contributed by atoms with Crippen LogP contribution in [0.15, 0.2) is 35.3 Å². The summed E-state index contributed by atoms with van der Waals surface area (Å²) in [5, 5.41) is 2.30. The van der Waals surface area contributed by atoms with Crippen LogP contribution in [0.5, 0.6) is 0 Å². The summed E-state index contributed by atoms with van der Waals surface area (Å²) in [5.74, 6) is 0. The Morgan fingerprint density at radius 1 is 1.23 bits per heavy atom. The fourth-order valence-electron chi connectivity index (χ4n) is 2.49. The second-order valence-electron chi connectivity index (χ2n) is 5.10. The molecule has 2 aliphatic rings. The summed E-state index contributed by atoms with van der Waals surface area (Å²) >= 11 is 0.559. The molecular weight excluding hydrogens is 315 g/mol. The normalized spacial score (nSPS) is 25.9. The van der Waals surface area contributed by atoms with E-state index >= 15 is 0 Å². The molecule has 22 heavy (non-hydrogen) atoms. The van der Waals surface area contributed by atoms with Crippen molar-refractivity contribution in [2.24, 2.45) is 4.99 Å². The number of carbonyl (C=O) groups excluding carboxylic acids is 1. The average Bonchev–Trinajstić information content (AvgIpc) is 2.72. The molecule has 1 saturated heterocycles. The first-order valence-corrected chi connectivity index (χ1v) is 7.71. The molecule has 2 amide bonds. The van der Waals surface area contributed by atoms with Crippen LogP contribution >= 0.6 is 11.8 Å². The smallest absolute Gasteiger partial charge is 0.311 e. The molecule has 0 aliphatic carbocycles. The summed E-state index contributed by atoms with van der Waals surface area (Å²) in [7, 11) is 0. The van der Waals surface area contributed by atoms with Crippen molar-refractivity contribution in [2.45, 2.75) is 23.9 Å². The van der Waals surface area contributed by atoms with E-state index < -0.39 is 17.1 Å². The first-order chi connectivity index (χ1) is 10.4. The van der Waals surface area contributed by atoms with E-state index in [0.717, 1.165) is 12.8 Å². The molecule has 0 bridgehead atoms. The standard InChI is InChI=1S/C14H14F3N3OS/c15-14(16,17)13(10-6-2-1-3-7-10)19-11(21)20-9-5-4-8-18-12(20)22-13/h1-3,6-7H,4-5,8-9H2,(H,19,21). The Bertz CT molecular complexity index is 605. The molecule has 118 valence electrons. The van der Waals surface area contributed by atoms with Crippen LogP contribution in [0.25, 0.3) is 0 Å². The highest BCUT2D eigenvalue weighted by atomic mass is 32.2. The number of aliphatic imine (C=N–C) groups is 1. The van der Waals surface area contributed by atoms with Crippen molar-refractivity contribution in [3.8, 4) is 0 Å². The minimum atomic E-state index is -4.64. The fourth-order valence-corrected chi connectivity index (χ4v) is 3.71. The van der Waals surface area contributed by atoms with Gasteiger partial charge in [0.25, 0.3) is 0 Å². The van der Waals surface area contributed by atoms with Crippen LogP contribution in [-0.2, 0) is 4.87 Å². The number of thioether (sulfide) groups is 1. The van der Waals surface area contributed by atoms with Crippen molar-refractivity contribution >= 4 is 23.0 Å². The van der Waals surface area contributed by atoms with Crippen LogP contribution in [0.4, 0.5) is 18.0 Å². The number of urea groups is 1. The summed E-state index contributed by atoms with van der Waals surface area (Å²) in [6.07, 6.45) is -3.15. The number of nitrogens with zero attached hydrogens (tertiary/aromatic N) is 2. The van der Waals surface area contributed by atoms with Gasteiger partial charge < -0.3 is 5.32 Å². The van der Waals surface area contributed by atoms with Gasteiger partial charge in [0.15, 0.2) is 5.17 Å². The molecule has 1 N–H and O–H groups in total. The molecule has 0 spiro atoms. The Hall–Kier alpha value is -1.70. The highest BCUT2D eigenvalue weighted by Crippen LogP contribution is 2.50. The topological polar surface area (TPSA) is 44.7 Å². The van der Waals surface area contributed by atoms with Gasteiger partial charge in [-0.3, -0.25) is 9.89 Å². The van der Waals surface area contributed by atoms with E-state index in [2.05, 4.69) is 10.3 Å². The summed E-state index contributed by atoms with van der Waals surface area (Å²) in [6.45, 7) is 0.829. The second kappa shape index (κ2) is 5.49. The van der Waals surface area contributed by atoms with Crippen LogP contribution in [0.2, 0.25) is 0 Å². The Labute approximate surface area is 129 Å². The molecule has 1 atom stereocenters. The number of halogens is 3. The van der Waals surface area contributed by atoms with Crippen LogP contribution in [-0.4, -0.2) is 35.4 Å². The largest absolute Gasteiger partial charge is 0.425 e. The summed E-state index contributed by atoms with van der Waals surface area (Å²) in [5.41, 5.74) is -0.00699. The highest BCUT2D eigenvalue weighted by molar-refractivity contribution is 8.14. The molecular formula is C14H14F3N3OS. The van der Waals surface area contributed by atoms with Gasteiger partial charge in [0, 0.05) is 13.1 Å². The minimum Gasteiger partial charge on any atom is -0.311 e. The lowest BCUT2D eigenvalue weighted by Crippen LogP contribution is -2.62. The maximum Gasteiger partial charge on any atom is 0.425 e. The molecule has 1 fully saturated rings. The van der Waals surface area contributed by atoms with Crippen LogP contribution in [0.3, 0.4) is 0 Å². The monoisotopic (exact) mass is 329 g/mol. The molecule has 0 radical (unpaired) electrons. The van der Waals surface area contributed by atoms with Crippen LogP contribution < -0.4 is 5.32 Å². The van der Waals surface area contributed by atoms with Crippen molar-refractivity contribution < 1.29 is 18.0 Å². The maximum atomic E-state index is 13.8. The molecule has 4 nitrogen and oxygen atoms in total. The van der Waals surface area contributed by atoms with Gasteiger partial charge in [0.2, 0.25) is 4.87 Å². The summed E-state index contributed by atoms with van der Waals surface area (Å²) < 4.78 is 41.4. The third-order valence-electron chi connectivity index (χ3n) is 3.62. The molecule has 8 heteroatoms. The van der Waals surface area contributed by atoms with Crippen molar-refractivity contribution in [1.82, 2.24) is 10.2 Å². The van der Waals surface area contributed by atoms with Gasteiger partial charge in [0.05, 0.1) is 0 Å². The van der Waals surface area contributed by atoms with E-state index in [-0.39, 0.29) is 10.7 Å². The average molecular weight is 329 g/mol. The van der Waals surface area contributed by atoms with Crippen molar-refractivity contribution in [1.29, 1.82) is 0 Å². The van der Waals surface area contributed by atoms with Gasteiger partial charge in [-0.15, -0.1) is 0 Å². The lowest BCUT2D eigenvalue weighted by molar-refractivity contribution is -0.167. The third kappa shape index (κ3) is 2.45. The Kier molecular flexibility index (Phi) is 3.80. The van der Waals surface area contributed by atoms with Gasteiger partial charge in [-0.05, 0) is 30.2 Å². The lowest BCUT2D eigenvalue weighted by atomic mass is 10.1. The number of hydrogen-bond acceptors (Lipinski definition) is 3. The molecule has 1 aromatic carbocycles. The third-order valence-corrected chi connectivity index (χ3v) is 5.03. The Morgan fingerprint density at radius 2 is 1.95 bits per heavy atom. The van der Waals surface area contributed by atoms with Crippen molar-refractivity contribution in [2.75, 3.05) is 13.1 Å². The Morgan fingerprint density at radius 3 is 2.64 bits per heavy atom. The van der Waals surface area contributed by atoms with Gasteiger partial charge in [0.1, 0.15) is 0 Å². The van der Waals surface area contributed by atoms with Crippen molar-refractivity contribution in [3.05, 3.63) is 35.9 Å². The zero-order valence-electron chi connectivity index (χ0n) is 11.6. The first kappa shape index (κ1) is 15.2. The maximum absolute atomic E-state index is 13.8. The predicted octanol–water partition coefficient (Wildman–Crippen LogP) is 3.31. The molecule has 1 aromatic rings. The zero-order valence-corrected chi connectivity index (χ0v) is 12.4. The molecule has 2 aliphatic heterocycles. The molecule has 2 heterocycles. The van der Waals surface area contributed by atoms with E-state index in [1.165, 1.54) is 29.2 Å². The number of alkyl halides is 3. The number of rotatable bonds is 1. The number of benzene rings is 1. The minimum absolute atomic E-state index is 0.00699. The van der Waals surface area contributed by atoms with Crippen LogP contribution in [0, 0.1) is 0 Å². The molecule has 3 rings (SSSR count). The lowest BCUT2D eigenvalue weighted by Gasteiger charge is -2.42. The van der Waals surface area contributed by atoms with E-state index in [1.54, 1.807) is 6.07 Å². The number of amidine groups is 1. The van der Waals surface area contributed by atoms with Crippen molar-refractivity contribution in [3.63, 3.8) is 0 Å². The SMILES string of the molecule is O=C1NC(c2ccccc2)(C(F)(F)F)SC2=NCCCCN12. The summed E-state index contributed by atoms with van der Waals surface area (Å²) in [4.78, 5) is 15.2. The van der Waals surface area contributed by atoms with Gasteiger partial charge >= 0.3 is 12.2 Å². The number of hydrogen-bond donors (Lipinski definition) is 1. The van der Waals surface area contributed by atoms with Gasteiger partial charge in [-0.25, -0.2) is 4.79 Å². The Balaban J connectivity index is 2.08. The van der Waals surface area contributed by atoms with E-state index in [4.69, 9.17) is 0 Å². The zero-order chi connectivity index (χ0) is 15.8. The van der Waals surface area contributed by atoms with E-state index in [1.807, 2.05) is 0 Å². The molecule has 0 aromatic heterocycles. The first-order valence-electron chi connectivity index (χ1n) is 6.89. The highest BCUT2D eigenvalue weighted by Gasteiger charge is 2.61. The quantitative estimate of drug-likeness (QED) is 0.859.